The molecule has 2 rings (SSSR count). The lowest BCUT2D eigenvalue weighted by Gasteiger charge is -2.17. The third-order valence-electron chi connectivity index (χ3n) is 8.30. The molecule has 41 heavy (non-hydrogen) atoms. The standard InChI is InChI=1S/C34H59N5O2/c1-6-7-9-15-28(2)16-14-17-29(3)20-21-33(40)36-23-12-8-13-24-37-34(41)22-25-39-31(27-38(5)35-4)26-30-18-10-11-19-32(30)39/h10-11,18-19,26,28-29,35H,6-9,12-17,20-25,27H2,1-5H3,(H,36,40)(H,37,41)/t28-,29?/m0/s1. The number of aryl methyl sites for hydroxylation is 1. The molecule has 3 N–H and O–H groups in total. The minimum atomic E-state index is 0.0871. The van der Waals surface area contributed by atoms with Gasteiger partial charge in [0.25, 0.3) is 0 Å². The second-order valence-electron chi connectivity index (χ2n) is 12.1. The van der Waals surface area contributed by atoms with E-state index in [0.717, 1.165) is 44.7 Å². The topological polar surface area (TPSA) is 78.4 Å². The molecular weight excluding hydrogens is 510 g/mol. The third kappa shape index (κ3) is 14.4. The first-order chi connectivity index (χ1) is 19.8. The van der Waals surface area contributed by atoms with Crippen LogP contribution in [0.2, 0.25) is 0 Å². The van der Waals surface area contributed by atoms with Crippen LogP contribution in [0.4, 0.5) is 0 Å². The van der Waals surface area contributed by atoms with Crippen LogP contribution in [0.1, 0.15) is 110 Å². The lowest BCUT2D eigenvalue weighted by atomic mass is 9.93. The number of hydrazine groups is 1. The van der Waals surface area contributed by atoms with Gasteiger partial charge in [0, 0.05) is 50.7 Å². The Morgan fingerprint density at radius 2 is 1.46 bits per heavy atom. The van der Waals surface area contributed by atoms with E-state index in [1.165, 1.54) is 61.5 Å². The first-order valence-electron chi connectivity index (χ1n) is 16.3. The maximum atomic E-state index is 12.5. The van der Waals surface area contributed by atoms with Crippen LogP contribution in [0, 0.1) is 11.8 Å². The van der Waals surface area contributed by atoms with Crippen LogP contribution in [0.3, 0.4) is 0 Å². The highest BCUT2D eigenvalue weighted by molar-refractivity contribution is 5.82. The predicted octanol–water partition coefficient (Wildman–Crippen LogP) is 6.80. The van der Waals surface area contributed by atoms with Crippen molar-refractivity contribution in [1.82, 2.24) is 25.6 Å². The van der Waals surface area contributed by atoms with E-state index in [9.17, 15) is 9.59 Å². The Morgan fingerprint density at radius 1 is 0.829 bits per heavy atom. The van der Waals surface area contributed by atoms with Gasteiger partial charge >= 0.3 is 0 Å². The highest BCUT2D eigenvalue weighted by Crippen LogP contribution is 2.22. The number of carbonyl (C=O) groups excluding carboxylic acids is 2. The fourth-order valence-electron chi connectivity index (χ4n) is 5.48. The van der Waals surface area contributed by atoms with Crippen molar-refractivity contribution in [2.45, 2.75) is 117 Å². The number of carbonyl (C=O) groups is 2. The van der Waals surface area contributed by atoms with Gasteiger partial charge in [-0.25, -0.2) is 5.01 Å². The maximum absolute atomic E-state index is 12.5. The van der Waals surface area contributed by atoms with E-state index in [2.05, 4.69) is 65.7 Å². The zero-order valence-corrected chi connectivity index (χ0v) is 26.8. The van der Waals surface area contributed by atoms with E-state index in [1.807, 2.05) is 25.2 Å². The van der Waals surface area contributed by atoms with Crippen LogP contribution < -0.4 is 16.1 Å². The average Bonchev–Trinajstić information content (AvgIpc) is 3.31. The second-order valence-corrected chi connectivity index (χ2v) is 12.1. The van der Waals surface area contributed by atoms with Crippen LogP contribution in [0.15, 0.2) is 30.3 Å². The molecule has 0 saturated heterocycles. The molecule has 232 valence electrons. The molecule has 0 bridgehead atoms. The van der Waals surface area contributed by atoms with Gasteiger partial charge in [0.2, 0.25) is 11.8 Å². The van der Waals surface area contributed by atoms with Crippen LogP contribution in [0.25, 0.3) is 10.9 Å². The minimum Gasteiger partial charge on any atom is -0.356 e. The molecule has 0 radical (unpaired) electrons. The number of benzene rings is 1. The number of para-hydroxylation sites is 1. The second kappa shape index (κ2) is 20.5. The van der Waals surface area contributed by atoms with Crippen molar-refractivity contribution in [2.75, 3.05) is 27.2 Å². The summed E-state index contributed by atoms with van der Waals surface area (Å²) in [5.74, 6) is 1.71. The summed E-state index contributed by atoms with van der Waals surface area (Å²) in [5.41, 5.74) is 5.50. The Balaban J connectivity index is 1.52. The van der Waals surface area contributed by atoms with Gasteiger partial charge in [-0.1, -0.05) is 83.9 Å². The number of aromatic nitrogens is 1. The third-order valence-corrected chi connectivity index (χ3v) is 8.30. The highest BCUT2D eigenvalue weighted by Gasteiger charge is 2.12. The fourth-order valence-corrected chi connectivity index (χ4v) is 5.48. The monoisotopic (exact) mass is 569 g/mol. The number of unbranched alkanes of at least 4 members (excludes halogenated alkanes) is 4. The summed E-state index contributed by atoms with van der Waals surface area (Å²) in [7, 11) is 3.92. The molecule has 0 saturated carbocycles. The molecule has 7 nitrogen and oxygen atoms in total. The Morgan fingerprint density at radius 3 is 2.15 bits per heavy atom. The number of amides is 2. The average molecular weight is 570 g/mol. The molecule has 2 amide bonds. The van der Waals surface area contributed by atoms with Gasteiger partial charge in [-0.2, -0.15) is 0 Å². The molecule has 1 aromatic carbocycles. The molecule has 2 aromatic rings. The largest absolute Gasteiger partial charge is 0.356 e. The van der Waals surface area contributed by atoms with Crippen molar-refractivity contribution in [3.05, 3.63) is 36.0 Å². The van der Waals surface area contributed by atoms with Gasteiger partial charge in [-0.15, -0.1) is 0 Å². The van der Waals surface area contributed by atoms with Crippen LogP contribution >= 0.6 is 0 Å². The first-order valence-corrected chi connectivity index (χ1v) is 16.3. The molecule has 7 heteroatoms. The molecule has 1 heterocycles. The van der Waals surface area contributed by atoms with E-state index >= 15 is 0 Å². The summed E-state index contributed by atoms with van der Waals surface area (Å²) in [5, 5.41) is 9.38. The molecule has 0 aliphatic rings. The number of nitrogens with one attached hydrogen (secondary N) is 3. The van der Waals surface area contributed by atoms with Gasteiger partial charge in [-0.3, -0.25) is 15.0 Å². The lowest BCUT2D eigenvalue weighted by Crippen LogP contribution is -2.31. The van der Waals surface area contributed by atoms with Gasteiger partial charge in [0.1, 0.15) is 0 Å². The SMILES string of the molecule is CCCCC[C@H](C)CCCC(C)CCC(=O)NCCCCCNC(=O)CCn1c(CN(C)NC)cc2ccccc21. The highest BCUT2D eigenvalue weighted by atomic mass is 16.2. The van der Waals surface area contributed by atoms with Gasteiger partial charge < -0.3 is 15.2 Å². The van der Waals surface area contributed by atoms with Crippen molar-refractivity contribution in [2.24, 2.45) is 11.8 Å². The number of rotatable bonds is 23. The lowest BCUT2D eigenvalue weighted by molar-refractivity contribution is -0.122. The molecule has 0 aliphatic carbocycles. The molecule has 0 spiro atoms. The van der Waals surface area contributed by atoms with Crippen molar-refractivity contribution in [3.63, 3.8) is 0 Å². The number of hydrogen-bond donors (Lipinski definition) is 3. The van der Waals surface area contributed by atoms with Crippen molar-refractivity contribution in [1.29, 1.82) is 0 Å². The van der Waals surface area contributed by atoms with E-state index in [4.69, 9.17) is 0 Å². The molecule has 1 aromatic heterocycles. The molecule has 2 atom stereocenters. The van der Waals surface area contributed by atoms with E-state index in [0.29, 0.717) is 31.8 Å². The van der Waals surface area contributed by atoms with Crippen molar-refractivity contribution >= 4 is 22.7 Å². The summed E-state index contributed by atoms with van der Waals surface area (Å²) in [6, 6.07) is 10.5. The van der Waals surface area contributed by atoms with Gasteiger partial charge in [0.05, 0.1) is 6.54 Å². The number of fused-ring (bicyclic) bond motifs is 1. The Labute approximate surface area is 250 Å². The smallest absolute Gasteiger partial charge is 0.221 e. The quantitative estimate of drug-likeness (QED) is 0.102. The molecule has 0 aliphatic heterocycles. The maximum Gasteiger partial charge on any atom is 0.221 e. The number of hydrogen-bond acceptors (Lipinski definition) is 4. The molecular formula is C34H59N5O2. The summed E-state index contributed by atoms with van der Waals surface area (Å²) in [6.07, 6.45) is 14.2. The normalized spacial score (nSPS) is 13.0. The Bertz CT molecular complexity index is 1000. The molecule has 1 unspecified atom stereocenters. The van der Waals surface area contributed by atoms with Crippen molar-refractivity contribution < 1.29 is 9.59 Å². The van der Waals surface area contributed by atoms with Crippen LogP contribution in [-0.4, -0.2) is 48.6 Å². The summed E-state index contributed by atoms with van der Waals surface area (Å²) >= 11 is 0. The zero-order chi connectivity index (χ0) is 29.9. The van der Waals surface area contributed by atoms with E-state index in [-0.39, 0.29) is 11.8 Å². The zero-order valence-electron chi connectivity index (χ0n) is 26.8. The minimum absolute atomic E-state index is 0.0871. The summed E-state index contributed by atoms with van der Waals surface area (Å²) in [4.78, 5) is 24.7. The summed E-state index contributed by atoms with van der Waals surface area (Å²) < 4.78 is 2.25. The molecule has 0 fully saturated rings. The van der Waals surface area contributed by atoms with Gasteiger partial charge in [0.15, 0.2) is 0 Å². The Kier molecular flexibility index (Phi) is 17.4. The first kappa shape index (κ1) is 34.8. The van der Waals surface area contributed by atoms with Crippen LogP contribution in [-0.2, 0) is 22.7 Å². The predicted molar refractivity (Wildman–Crippen MR) is 173 cm³/mol. The van der Waals surface area contributed by atoms with E-state index < -0.39 is 0 Å². The van der Waals surface area contributed by atoms with Crippen LogP contribution in [0.5, 0.6) is 0 Å². The van der Waals surface area contributed by atoms with Gasteiger partial charge in [-0.05, 0) is 62.1 Å². The Hall–Kier alpha value is -2.38. The fraction of sp³-hybridized carbons (Fsp3) is 0.706. The number of nitrogens with zero attached hydrogens (tertiary/aromatic N) is 2. The summed E-state index contributed by atoms with van der Waals surface area (Å²) in [6.45, 7) is 9.77. The van der Waals surface area contributed by atoms with E-state index in [1.54, 1.807) is 0 Å². The van der Waals surface area contributed by atoms with Crippen molar-refractivity contribution in [3.8, 4) is 0 Å².